The van der Waals surface area contributed by atoms with Gasteiger partial charge in [0.1, 0.15) is 5.69 Å². The standard InChI is InChI=1S/C14H14ClNO2/c15-10-4-1-8(2-5-10)11-6-3-9-7-12(14(17)18)16-13(9)11/h1,4-5,7-8,11,16H,2-3,6H2,(H,17,18). The third kappa shape index (κ3) is 1.89. The lowest BCUT2D eigenvalue weighted by atomic mass is 9.85. The molecule has 0 spiro atoms. The first-order valence-electron chi connectivity index (χ1n) is 6.14. The minimum atomic E-state index is -0.884. The molecule has 4 heteroatoms. The highest BCUT2D eigenvalue weighted by atomic mass is 35.5. The molecular formula is C14H14ClNO2. The van der Waals surface area contributed by atoms with Crippen LogP contribution in [0.4, 0.5) is 0 Å². The number of carbonyl (C=O) groups is 1. The third-order valence-electron chi connectivity index (χ3n) is 3.86. The van der Waals surface area contributed by atoms with Crippen LogP contribution in [0, 0.1) is 5.92 Å². The summed E-state index contributed by atoms with van der Waals surface area (Å²) in [6, 6.07) is 1.77. The van der Waals surface area contributed by atoms with Gasteiger partial charge in [0.25, 0.3) is 0 Å². The molecule has 0 amide bonds. The quantitative estimate of drug-likeness (QED) is 0.859. The van der Waals surface area contributed by atoms with E-state index in [4.69, 9.17) is 16.7 Å². The van der Waals surface area contributed by atoms with Crippen molar-refractivity contribution in [1.82, 2.24) is 4.98 Å². The van der Waals surface area contributed by atoms with Gasteiger partial charge < -0.3 is 10.1 Å². The van der Waals surface area contributed by atoms with Gasteiger partial charge in [-0.15, -0.1) is 0 Å². The number of rotatable bonds is 2. The molecule has 0 aliphatic heterocycles. The fourth-order valence-electron chi connectivity index (χ4n) is 2.96. The zero-order chi connectivity index (χ0) is 12.7. The molecule has 0 fully saturated rings. The zero-order valence-electron chi connectivity index (χ0n) is 9.82. The first-order valence-corrected chi connectivity index (χ1v) is 6.52. The first-order chi connectivity index (χ1) is 8.65. The van der Waals surface area contributed by atoms with Gasteiger partial charge in [0.15, 0.2) is 0 Å². The number of H-pyrrole nitrogens is 1. The van der Waals surface area contributed by atoms with Crippen LogP contribution in [-0.2, 0) is 6.42 Å². The highest BCUT2D eigenvalue weighted by molar-refractivity contribution is 6.31. The van der Waals surface area contributed by atoms with Gasteiger partial charge in [-0.1, -0.05) is 23.8 Å². The lowest BCUT2D eigenvalue weighted by Gasteiger charge is -2.21. The van der Waals surface area contributed by atoms with Gasteiger partial charge in [-0.3, -0.25) is 0 Å². The molecule has 1 heterocycles. The van der Waals surface area contributed by atoms with Gasteiger partial charge in [0.2, 0.25) is 0 Å². The highest BCUT2D eigenvalue weighted by Crippen LogP contribution is 2.41. The summed E-state index contributed by atoms with van der Waals surface area (Å²) in [5.41, 5.74) is 2.57. The number of aromatic nitrogens is 1. The van der Waals surface area contributed by atoms with Crippen molar-refractivity contribution >= 4 is 17.6 Å². The highest BCUT2D eigenvalue weighted by Gasteiger charge is 2.31. The third-order valence-corrected chi connectivity index (χ3v) is 4.14. The number of aromatic amines is 1. The van der Waals surface area contributed by atoms with E-state index in [2.05, 4.69) is 11.1 Å². The molecule has 18 heavy (non-hydrogen) atoms. The Morgan fingerprint density at radius 3 is 3.00 bits per heavy atom. The van der Waals surface area contributed by atoms with Crippen molar-refractivity contribution in [2.75, 3.05) is 0 Å². The number of aromatic carboxylic acids is 1. The molecule has 2 unspecified atom stereocenters. The van der Waals surface area contributed by atoms with Crippen LogP contribution < -0.4 is 0 Å². The molecule has 94 valence electrons. The zero-order valence-corrected chi connectivity index (χ0v) is 10.6. The van der Waals surface area contributed by atoms with E-state index >= 15 is 0 Å². The number of hydrogen-bond acceptors (Lipinski definition) is 1. The summed E-state index contributed by atoms with van der Waals surface area (Å²) in [6.45, 7) is 0. The fourth-order valence-corrected chi connectivity index (χ4v) is 3.12. The molecule has 0 bridgehead atoms. The number of halogens is 1. The van der Waals surface area contributed by atoms with Gasteiger partial charge in [0.05, 0.1) is 0 Å². The largest absolute Gasteiger partial charge is 0.477 e. The van der Waals surface area contributed by atoms with Crippen molar-refractivity contribution < 1.29 is 9.90 Å². The molecule has 1 aromatic rings. The monoisotopic (exact) mass is 263 g/mol. The molecule has 0 saturated heterocycles. The van der Waals surface area contributed by atoms with Crippen LogP contribution in [0.1, 0.15) is 40.5 Å². The summed E-state index contributed by atoms with van der Waals surface area (Å²) in [5.74, 6) is -0.0651. The summed E-state index contributed by atoms with van der Waals surface area (Å²) in [7, 11) is 0. The minimum Gasteiger partial charge on any atom is -0.477 e. The Morgan fingerprint density at radius 1 is 1.50 bits per heavy atom. The van der Waals surface area contributed by atoms with Crippen molar-refractivity contribution in [3.05, 3.63) is 46.3 Å². The van der Waals surface area contributed by atoms with Gasteiger partial charge in [-0.25, -0.2) is 4.79 Å². The van der Waals surface area contributed by atoms with Crippen LogP contribution in [-0.4, -0.2) is 16.1 Å². The minimum absolute atomic E-state index is 0.304. The number of carboxylic acid groups (broad SMARTS) is 1. The molecule has 0 aromatic carbocycles. The molecule has 2 N–H and O–H groups in total. The molecule has 0 radical (unpaired) electrons. The van der Waals surface area contributed by atoms with Gasteiger partial charge >= 0.3 is 5.97 Å². The maximum Gasteiger partial charge on any atom is 0.352 e. The molecule has 2 atom stereocenters. The van der Waals surface area contributed by atoms with Crippen molar-refractivity contribution in [3.63, 3.8) is 0 Å². The van der Waals surface area contributed by atoms with Gasteiger partial charge in [0, 0.05) is 16.6 Å². The Hall–Kier alpha value is -1.48. The summed E-state index contributed by atoms with van der Waals surface area (Å²) >= 11 is 5.92. The summed E-state index contributed by atoms with van der Waals surface area (Å²) in [6.07, 6.45) is 9.09. The van der Waals surface area contributed by atoms with Crippen molar-refractivity contribution in [2.24, 2.45) is 5.92 Å². The van der Waals surface area contributed by atoms with Crippen LogP contribution in [0.25, 0.3) is 0 Å². The predicted molar refractivity (Wildman–Crippen MR) is 70.0 cm³/mol. The Labute approximate surface area is 110 Å². The smallest absolute Gasteiger partial charge is 0.352 e. The van der Waals surface area contributed by atoms with E-state index in [1.165, 1.54) is 0 Å². The number of fused-ring (bicyclic) bond motifs is 1. The van der Waals surface area contributed by atoms with Crippen LogP contribution in [0.3, 0.4) is 0 Å². The number of allylic oxidation sites excluding steroid dienone is 4. The second-order valence-corrected chi connectivity index (χ2v) is 5.36. The molecular weight excluding hydrogens is 250 g/mol. The summed E-state index contributed by atoms with van der Waals surface area (Å²) in [4.78, 5) is 14.0. The van der Waals surface area contributed by atoms with Crippen molar-refractivity contribution in [1.29, 1.82) is 0 Å². The maximum atomic E-state index is 11.0. The van der Waals surface area contributed by atoms with Crippen LogP contribution in [0.5, 0.6) is 0 Å². The van der Waals surface area contributed by atoms with Crippen molar-refractivity contribution in [3.8, 4) is 0 Å². The lowest BCUT2D eigenvalue weighted by molar-refractivity contribution is 0.0691. The van der Waals surface area contributed by atoms with E-state index in [0.717, 1.165) is 35.6 Å². The van der Waals surface area contributed by atoms with E-state index in [-0.39, 0.29) is 0 Å². The SMILES string of the molecule is O=C(O)c1cc2c([nH]1)C(C1C=CC(Cl)=CC1)CC2. The van der Waals surface area contributed by atoms with Gasteiger partial charge in [-0.05, 0) is 42.9 Å². The van der Waals surface area contributed by atoms with Crippen LogP contribution in [0.15, 0.2) is 29.3 Å². The molecule has 0 saturated carbocycles. The fraction of sp³-hybridized carbons (Fsp3) is 0.357. The van der Waals surface area contributed by atoms with E-state index in [0.29, 0.717) is 17.5 Å². The van der Waals surface area contributed by atoms with E-state index < -0.39 is 5.97 Å². The van der Waals surface area contributed by atoms with E-state index in [1.54, 1.807) is 6.07 Å². The Balaban J connectivity index is 1.86. The Bertz CT molecular complexity index is 556. The number of nitrogens with one attached hydrogen (secondary N) is 1. The van der Waals surface area contributed by atoms with Crippen LogP contribution in [0.2, 0.25) is 0 Å². The second-order valence-electron chi connectivity index (χ2n) is 4.92. The summed E-state index contributed by atoms with van der Waals surface area (Å²) in [5, 5.41) is 9.80. The first kappa shape index (κ1) is 11.6. The average Bonchev–Trinajstić information content (AvgIpc) is 2.89. The molecule has 2 aliphatic carbocycles. The van der Waals surface area contributed by atoms with Crippen molar-refractivity contribution in [2.45, 2.75) is 25.2 Å². The second kappa shape index (κ2) is 4.32. The topological polar surface area (TPSA) is 53.1 Å². The molecule has 1 aromatic heterocycles. The summed E-state index contributed by atoms with van der Waals surface area (Å²) < 4.78 is 0. The molecule has 3 nitrogen and oxygen atoms in total. The molecule has 3 rings (SSSR count). The number of carboxylic acids is 1. The maximum absolute atomic E-state index is 11.0. The lowest BCUT2D eigenvalue weighted by Crippen LogP contribution is -2.10. The van der Waals surface area contributed by atoms with E-state index in [9.17, 15) is 4.79 Å². The molecule has 2 aliphatic rings. The Kier molecular flexibility index (Phi) is 2.78. The van der Waals surface area contributed by atoms with E-state index in [1.807, 2.05) is 12.2 Å². The number of hydrogen-bond donors (Lipinski definition) is 2. The average molecular weight is 264 g/mol. The number of aryl methyl sites for hydroxylation is 1. The Morgan fingerprint density at radius 2 is 2.33 bits per heavy atom. The predicted octanol–water partition coefficient (Wildman–Crippen LogP) is 3.44. The normalized spacial score (nSPS) is 25.9. The van der Waals surface area contributed by atoms with Crippen LogP contribution >= 0.6 is 11.6 Å². The van der Waals surface area contributed by atoms with Gasteiger partial charge in [-0.2, -0.15) is 0 Å².